The van der Waals surface area contributed by atoms with E-state index in [-0.39, 0.29) is 12.5 Å². The smallest absolute Gasteiger partial charge is 0.264 e. The minimum Gasteiger partial charge on any atom is -0.387 e. The highest BCUT2D eigenvalue weighted by atomic mass is 19.3. The zero-order valence-electron chi connectivity index (χ0n) is 7.59. The van der Waals surface area contributed by atoms with Crippen LogP contribution in [0.3, 0.4) is 0 Å². The first kappa shape index (κ1) is 10.9. The van der Waals surface area contributed by atoms with Crippen LogP contribution in [0.1, 0.15) is 32.1 Å². The van der Waals surface area contributed by atoms with E-state index in [1.807, 2.05) is 0 Å². The molecule has 2 nitrogen and oxygen atoms in total. The molecule has 1 heterocycles. The molecule has 1 aliphatic heterocycles. The summed E-state index contributed by atoms with van der Waals surface area (Å²) in [5.41, 5.74) is 0. The van der Waals surface area contributed by atoms with Gasteiger partial charge in [-0.2, -0.15) is 0 Å². The van der Waals surface area contributed by atoms with E-state index in [1.165, 1.54) is 0 Å². The van der Waals surface area contributed by atoms with E-state index in [9.17, 15) is 8.78 Å². The molecule has 1 fully saturated rings. The maximum absolute atomic E-state index is 11.8. The summed E-state index contributed by atoms with van der Waals surface area (Å²) in [7, 11) is 0. The van der Waals surface area contributed by atoms with Gasteiger partial charge in [-0.05, 0) is 32.1 Å². The Kier molecular flexibility index (Phi) is 4.59. The Hall–Kier alpha value is -0.220. The van der Waals surface area contributed by atoms with Crippen molar-refractivity contribution in [1.29, 1.82) is 0 Å². The summed E-state index contributed by atoms with van der Waals surface area (Å²) in [5, 5.41) is 8.81. The van der Waals surface area contributed by atoms with E-state index in [1.54, 1.807) is 0 Å². The molecule has 2 atom stereocenters. The van der Waals surface area contributed by atoms with E-state index in [2.05, 4.69) is 0 Å². The highest BCUT2D eigenvalue weighted by molar-refractivity contribution is 4.66. The topological polar surface area (TPSA) is 29.5 Å². The summed E-state index contributed by atoms with van der Waals surface area (Å²) in [5.74, 6) is 0. The fraction of sp³-hybridized carbons (Fsp3) is 1.00. The average Bonchev–Trinajstić information content (AvgIpc) is 2.56. The SMILES string of the molecule is OC(CCCC1CCCO1)C(F)F. The largest absolute Gasteiger partial charge is 0.387 e. The molecule has 0 spiro atoms. The quantitative estimate of drug-likeness (QED) is 0.725. The first-order valence-corrected chi connectivity index (χ1v) is 4.78. The fourth-order valence-electron chi connectivity index (χ4n) is 1.55. The number of alkyl halides is 2. The minimum absolute atomic E-state index is 0.178. The molecule has 0 amide bonds. The van der Waals surface area contributed by atoms with Gasteiger partial charge in [-0.1, -0.05) is 0 Å². The molecule has 0 aromatic carbocycles. The van der Waals surface area contributed by atoms with E-state index in [4.69, 9.17) is 9.84 Å². The Morgan fingerprint density at radius 3 is 2.77 bits per heavy atom. The number of ether oxygens (including phenoxy) is 1. The third-order valence-electron chi connectivity index (χ3n) is 2.34. The van der Waals surface area contributed by atoms with Gasteiger partial charge in [-0.3, -0.25) is 0 Å². The number of halogens is 2. The average molecular weight is 194 g/mol. The molecule has 0 radical (unpaired) electrons. The van der Waals surface area contributed by atoms with Gasteiger partial charge in [0.15, 0.2) is 0 Å². The van der Waals surface area contributed by atoms with Gasteiger partial charge >= 0.3 is 0 Å². The van der Waals surface area contributed by atoms with Gasteiger partial charge in [0.25, 0.3) is 6.43 Å². The van der Waals surface area contributed by atoms with Crippen LogP contribution in [0, 0.1) is 0 Å². The first-order valence-electron chi connectivity index (χ1n) is 4.78. The van der Waals surface area contributed by atoms with Crippen LogP contribution >= 0.6 is 0 Å². The van der Waals surface area contributed by atoms with Gasteiger partial charge in [-0.25, -0.2) is 8.78 Å². The molecule has 1 saturated heterocycles. The van der Waals surface area contributed by atoms with Crippen molar-refractivity contribution < 1.29 is 18.6 Å². The summed E-state index contributed by atoms with van der Waals surface area (Å²) in [6.45, 7) is 0.794. The molecular formula is C9H16F2O2. The van der Waals surface area contributed by atoms with Crippen molar-refractivity contribution >= 4 is 0 Å². The third-order valence-corrected chi connectivity index (χ3v) is 2.34. The number of aliphatic hydroxyl groups excluding tert-OH is 1. The van der Waals surface area contributed by atoms with Gasteiger partial charge in [0.05, 0.1) is 6.10 Å². The van der Waals surface area contributed by atoms with E-state index < -0.39 is 12.5 Å². The number of aliphatic hydroxyl groups is 1. The number of hydrogen-bond donors (Lipinski definition) is 1. The van der Waals surface area contributed by atoms with E-state index in [0.717, 1.165) is 25.9 Å². The predicted molar refractivity (Wildman–Crippen MR) is 44.8 cm³/mol. The molecule has 1 aliphatic rings. The maximum atomic E-state index is 11.8. The van der Waals surface area contributed by atoms with Crippen molar-refractivity contribution in [2.24, 2.45) is 0 Å². The van der Waals surface area contributed by atoms with E-state index >= 15 is 0 Å². The van der Waals surface area contributed by atoms with Gasteiger partial charge < -0.3 is 9.84 Å². The van der Waals surface area contributed by atoms with Gasteiger partial charge in [0.2, 0.25) is 0 Å². The molecule has 1 N–H and O–H groups in total. The van der Waals surface area contributed by atoms with Crippen LogP contribution in [0.5, 0.6) is 0 Å². The molecule has 4 heteroatoms. The maximum Gasteiger partial charge on any atom is 0.264 e. The number of rotatable bonds is 5. The molecule has 0 saturated carbocycles. The summed E-state index contributed by atoms with van der Waals surface area (Å²) in [6, 6.07) is 0. The Morgan fingerprint density at radius 2 is 2.23 bits per heavy atom. The molecular weight excluding hydrogens is 178 g/mol. The lowest BCUT2D eigenvalue weighted by Crippen LogP contribution is -2.17. The summed E-state index contributed by atoms with van der Waals surface area (Å²) in [4.78, 5) is 0. The van der Waals surface area contributed by atoms with Gasteiger partial charge in [0, 0.05) is 6.61 Å². The van der Waals surface area contributed by atoms with Crippen LogP contribution in [-0.4, -0.2) is 30.3 Å². The predicted octanol–water partition coefficient (Wildman–Crippen LogP) is 1.96. The second-order valence-electron chi connectivity index (χ2n) is 3.47. The monoisotopic (exact) mass is 194 g/mol. The molecule has 1 rings (SSSR count). The standard InChI is InChI=1S/C9H16F2O2/c10-9(11)8(12)5-1-3-7-4-2-6-13-7/h7-9,12H,1-6H2. The summed E-state index contributed by atoms with van der Waals surface area (Å²) >= 11 is 0. The van der Waals surface area contributed by atoms with Gasteiger partial charge in [0.1, 0.15) is 6.10 Å². The highest BCUT2D eigenvalue weighted by Gasteiger charge is 2.19. The normalized spacial score (nSPS) is 25.4. The number of hydrogen-bond acceptors (Lipinski definition) is 2. The molecule has 13 heavy (non-hydrogen) atoms. The highest BCUT2D eigenvalue weighted by Crippen LogP contribution is 2.19. The lowest BCUT2D eigenvalue weighted by atomic mass is 10.1. The minimum atomic E-state index is -2.61. The summed E-state index contributed by atoms with van der Waals surface area (Å²) < 4.78 is 29.0. The van der Waals surface area contributed by atoms with Gasteiger partial charge in [-0.15, -0.1) is 0 Å². The lowest BCUT2D eigenvalue weighted by molar-refractivity contribution is -0.0121. The van der Waals surface area contributed by atoms with Crippen molar-refractivity contribution in [1.82, 2.24) is 0 Å². The zero-order valence-corrected chi connectivity index (χ0v) is 7.59. The second kappa shape index (κ2) is 5.50. The van der Waals surface area contributed by atoms with E-state index in [0.29, 0.717) is 6.42 Å². The Morgan fingerprint density at radius 1 is 1.46 bits per heavy atom. The van der Waals surface area contributed by atoms with Crippen LogP contribution in [-0.2, 0) is 4.74 Å². The molecule has 0 aliphatic carbocycles. The van der Waals surface area contributed by atoms with Crippen LogP contribution < -0.4 is 0 Å². The zero-order chi connectivity index (χ0) is 9.68. The molecule has 78 valence electrons. The second-order valence-corrected chi connectivity index (χ2v) is 3.47. The Balaban J connectivity index is 1.99. The van der Waals surface area contributed by atoms with Crippen LogP contribution in [0.15, 0.2) is 0 Å². The Bertz CT molecular complexity index is 134. The van der Waals surface area contributed by atoms with Crippen molar-refractivity contribution in [3.8, 4) is 0 Å². The van der Waals surface area contributed by atoms with Crippen molar-refractivity contribution in [2.75, 3.05) is 6.61 Å². The Labute approximate surface area is 76.9 Å². The van der Waals surface area contributed by atoms with Crippen LogP contribution in [0.4, 0.5) is 8.78 Å². The van der Waals surface area contributed by atoms with Crippen LogP contribution in [0.2, 0.25) is 0 Å². The van der Waals surface area contributed by atoms with Crippen molar-refractivity contribution in [3.05, 3.63) is 0 Å². The first-order chi connectivity index (χ1) is 6.20. The molecule has 2 unspecified atom stereocenters. The fourth-order valence-corrected chi connectivity index (χ4v) is 1.55. The molecule has 0 aromatic heterocycles. The van der Waals surface area contributed by atoms with Crippen molar-refractivity contribution in [2.45, 2.75) is 50.7 Å². The summed E-state index contributed by atoms with van der Waals surface area (Å²) in [6.07, 6.45) is -0.125. The molecule has 0 aromatic rings. The van der Waals surface area contributed by atoms with Crippen LogP contribution in [0.25, 0.3) is 0 Å². The lowest BCUT2D eigenvalue weighted by Gasteiger charge is -2.11. The molecule has 0 bridgehead atoms. The third kappa shape index (κ3) is 4.00. The van der Waals surface area contributed by atoms with Crippen molar-refractivity contribution in [3.63, 3.8) is 0 Å².